The first-order valence-corrected chi connectivity index (χ1v) is 11.3. The molecule has 0 atom stereocenters. The summed E-state index contributed by atoms with van der Waals surface area (Å²) in [6.45, 7) is 1.57. The number of fused-ring (bicyclic) bond motifs is 1. The van der Waals surface area contributed by atoms with Crippen LogP contribution in [0.5, 0.6) is 0 Å². The van der Waals surface area contributed by atoms with Gasteiger partial charge in [0, 0.05) is 39.3 Å². The van der Waals surface area contributed by atoms with E-state index in [9.17, 15) is 13.2 Å². The van der Waals surface area contributed by atoms with E-state index in [0.717, 1.165) is 42.5 Å². The first-order valence-electron chi connectivity index (χ1n) is 9.83. The van der Waals surface area contributed by atoms with Crippen LogP contribution in [0.25, 0.3) is 11.0 Å². The molecule has 0 radical (unpaired) electrons. The Morgan fingerprint density at radius 1 is 1.24 bits per heavy atom. The number of aromatic nitrogens is 3. The van der Waals surface area contributed by atoms with Crippen molar-refractivity contribution in [2.45, 2.75) is 30.6 Å². The predicted octanol–water partition coefficient (Wildman–Crippen LogP) is 2.05. The number of rotatable bonds is 7. The van der Waals surface area contributed by atoms with Crippen molar-refractivity contribution in [2.75, 3.05) is 19.6 Å². The molecule has 0 bridgehead atoms. The Balaban J connectivity index is 1.34. The Bertz CT molecular complexity index is 1090. The number of carbonyl (C=O) groups excluding carboxylic acids is 1. The van der Waals surface area contributed by atoms with Crippen LogP contribution in [0.3, 0.4) is 0 Å². The van der Waals surface area contributed by atoms with E-state index in [-0.39, 0.29) is 10.8 Å². The first-order chi connectivity index (χ1) is 13.9. The van der Waals surface area contributed by atoms with Crippen molar-refractivity contribution in [2.24, 2.45) is 7.05 Å². The molecule has 4 rings (SSSR count). The van der Waals surface area contributed by atoms with Crippen molar-refractivity contribution in [1.82, 2.24) is 24.2 Å². The summed E-state index contributed by atoms with van der Waals surface area (Å²) >= 11 is 0. The minimum absolute atomic E-state index is 0.175. The van der Waals surface area contributed by atoms with Crippen LogP contribution in [0.1, 0.15) is 35.6 Å². The topological polar surface area (TPSA) is 100 Å². The number of carbonyl (C=O) groups is 1. The zero-order valence-corrected chi connectivity index (χ0v) is 17.2. The number of aryl methyl sites for hydroxylation is 2. The first kappa shape index (κ1) is 19.7. The molecule has 0 aliphatic carbocycles. The highest BCUT2D eigenvalue weighted by Crippen LogP contribution is 2.22. The summed E-state index contributed by atoms with van der Waals surface area (Å²) in [6, 6.07) is 9.31. The van der Waals surface area contributed by atoms with Crippen molar-refractivity contribution in [3.63, 3.8) is 0 Å². The standard InChI is InChI=1S/C20H25N5O3S/c1-24-14-15(29(27,28)25-11-4-5-12-25)13-18(24)20(26)21-10-6-9-19-22-16-7-2-3-8-17(16)23-19/h2-3,7-8,13-14H,4-6,9-12H2,1H3,(H,21,26)(H,22,23). The summed E-state index contributed by atoms with van der Waals surface area (Å²) in [5.74, 6) is 0.610. The number of imidazole rings is 1. The maximum absolute atomic E-state index is 12.7. The van der Waals surface area contributed by atoms with Crippen LogP contribution in [0.4, 0.5) is 0 Å². The Hall–Kier alpha value is -2.65. The number of hydrogen-bond donors (Lipinski definition) is 2. The van der Waals surface area contributed by atoms with Crippen molar-refractivity contribution < 1.29 is 13.2 Å². The molecule has 1 aliphatic heterocycles. The van der Waals surface area contributed by atoms with Crippen LogP contribution >= 0.6 is 0 Å². The second-order valence-electron chi connectivity index (χ2n) is 7.34. The molecule has 8 nitrogen and oxygen atoms in total. The van der Waals surface area contributed by atoms with Gasteiger partial charge in [-0.05, 0) is 37.5 Å². The van der Waals surface area contributed by atoms with E-state index in [0.29, 0.717) is 25.3 Å². The van der Waals surface area contributed by atoms with Gasteiger partial charge in [-0.3, -0.25) is 4.79 Å². The lowest BCUT2D eigenvalue weighted by Crippen LogP contribution is -2.27. The Labute approximate surface area is 170 Å². The molecule has 0 saturated carbocycles. The molecule has 1 saturated heterocycles. The molecule has 0 unspecified atom stereocenters. The molecule has 2 N–H and O–H groups in total. The number of nitrogens with zero attached hydrogens (tertiary/aromatic N) is 3. The van der Waals surface area contributed by atoms with Crippen LogP contribution in [0.15, 0.2) is 41.4 Å². The number of amides is 1. The second kappa shape index (κ2) is 8.00. The summed E-state index contributed by atoms with van der Waals surface area (Å²) in [4.78, 5) is 20.5. The molecule has 1 aliphatic rings. The lowest BCUT2D eigenvalue weighted by molar-refractivity contribution is 0.0945. The minimum atomic E-state index is -3.53. The molecule has 1 amide bonds. The average Bonchev–Trinajstić information content (AvgIpc) is 3.43. The van der Waals surface area contributed by atoms with Gasteiger partial charge in [-0.2, -0.15) is 4.31 Å². The second-order valence-corrected chi connectivity index (χ2v) is 9.28. The Morgan fingerprint density at radius 2 is 2.00 bits per heavy atom. The number of hydrogen-bond acceptors (Lipinski definition) is 4. The van der Waals surface area contributed by atoms with Crippen molar-refractivity contribution >= 4 is 27.0 Å². The van der Waals surface area contributed by atoms with Gasteiger partial charge in [-0.15, -0.1) is 0 Å². The van der Waals surface area contributed by atoms with E-state index < -0.39 is 10.0 Å². The highest BCUT2D eigenvalue weighted by Gasteiger charge is 2.29. The highest BCUT2D eigenvalue weighted by molar-refractivity contribution is 7.89. The third-order valence-electron chi connectivity index (χ3n) is 5.23. The SMILES string of the molecule is Cn1cc(S(=O)(=O)N2CCCC2)cc1C(=O)NCCCc1nc2ccccc2[nH]1. The predicted molar refractivity (Wildman–Crippen MR) is 110 cm³/mol. The molecule has 1 fully saturated rings. The number of para-hydroxylation sites is 2. The molecule has 9 heteroatoms. The van der Waals surface area contributed by atoms with E-state index in [4.69, 9.17) is 0 Å². The normalized spacial score (nSPS) is 15.2. The summed E-state index contributed by atoms with van der Waals surface area (Å²) in [7, 11) is -1.84. The molecule has 154 valence electrons. The lowest BCUT2D eigenvalue weighted by Gasteiger charge is -2.13. The van der Waals surface area contributed by atoms with Gasteiger partial charge in [0.25, 0.3) is 5.91 Å². The van der Waals surface area contributed by atoms with Crippen molar-refractivity contribution in [3.8, 4) is 0 Å². The summed E-state index contributed by atoms with van der Waals surface area (Å²) < 4.78 is 28.4. The number of benzene rings is 1. The van der Waals surface area contributed by atoms with Gasteiger partial charge >= 0.3 is 0 Å². The smallest absolute Gasteiger partial charge is 0.267 e. The zero-order valence-electron chi connectivity index (χ0n) is 16.4. The van der Waals surface area contributed by atoms with E-state index in [1.165, 1.54) is 16.6 Å². The molecule has 1 aromatic carbocycles. The lowest BCUT2D eigenvalue weighted by atomic mass is 10.3. The number of sulfonamides is 1. The molecule has 29 heavy (non-hydrogen) atoms. The van der Waals surface area contributed by atoms with Crippen molar-refractivity contribution in [1.29, 1.82) is 0 Å². The molecule has 2 aromatic heterocycles. The summed E-state index contributed by atoms with van der Waals surface area (Å²) in [6.07, 6.45) is 4.72. The third-order valence-corrected chi connectivity index (χ3v) is 7.09. The van der Waals surface area contributed by atoms with E-state index >= 15 is 0 Å². The van der Waals surface area contributed by atoms with E-state index in [1.807, 2.05) is 24.3 Å². The number of aromatic amines is 1. The van der Waals surface area contributed by atoms with Crippen LogP contribution in [-0.4, -0.2) is 52.8 Å². The highest BCUT2D eigenvalue weighted by atomic mass is 32.2. The fraction of sp³-hybridized carbons (Fsp3) is 0.400. The Morgan fingerprint density at radius 3 is 2.76 bits per heavy atom. The minimum Gasteiger partial charge on any atom is -0.351 e. The molecular weight excluding hydrogens is 390 g/mol. The fourth-order valence-electron chi connectivity index (χ4n) is 3.65. The van der Waals surface area contributed by atoms with Gasteiger partial charge in [0.05, 0.1) is 11.0 Å². The van der Waals surface area contributed by atoms with Crippen LogP contribution in [0, 0.1) is 0 Å². The monoisotopic (exact) mass is 415 g/mol. The van der Waals surface area contributed by atoms with Gasteiger partial charge in [0.15, 0.2) is 0 Å². The van der Waals surface area contributed by atoms with Crippen molar-refractivity contribution in [3.05, 3.63) is 48.0 Å². The average molecular weight is 416 g/mol. The summed E-state index contributed by atoms with van der Waals surface area (Å²) in [5, 5.41) is 2.87. The third kappa shape index (κ3) is 4.06. The van der Waals surface area contributed by atoms with Crippen LogP contribution < -0.4 is 5.32 Å². The quantitative estimate of drug-likeness (QED) is 0.577. The molecule has 3 heterocycles. The Kier molecular flexibility index (Phi) is 5.42. The van der Waals surface area contributed by atoms with Gasteiger partial charge in [-0.25, -0.2) is 13.4 Å². The maximum Gasteiger partial charge on any atom is 0.267 e. The van der Waals surface area contributed by atoms with Crippen LogP contribution in [0.2, 0.25) is 0 Å². The van der Waals surface area contributed by atoms with Gasteiger partial charge in [0.2, 0.25) is 10.0 Å². The zero-order chi connectivity index (χ0) is 20.4. The largest absolute Gasteiger partial charge is 0.351 e. The van der Waals surface area contributed by atoms with Gasteiger partial charge in [0.1, 0.15) is 16.4 Å². The molecule has 3 aromatic rings. The fourth-order valence-corrected chi connectivity index (χ4v) is 5.24. The number of nitrogens with one attached hydrogen (secondary N) is 2. The summed E-state index contributed by atoms with van der Waals surface area (Å²) in [5.41, 5.74) is 2.27. The molecule has 0 spiro atoms. The van der Waals surface area contributed by atoms with Gasteiger partial charge in [-0.1, -0.05) is 12.1 Å². The van der Waals surface area contributed by atoms with E-state index in [1.54, 1.807) is 11.6 Å². The van der Waals surface area contributed by atoms with E-state index in [2.05, 4.69) is 15.3 Å². The van der Waals surface area contributed by atoms with Crippen LogP contribution in [-0.2, 0) is 23.5 Å². The van der Waals surface area contributed by atoms with Gasteiger partial charge < -0.3 is 14.9 Å². The molecular formula is C20H25N5O3S. The maximum atomic E-state index is 12.7. The number of H-pyrrole nitrogens is 1.